The lowest BCUT2D eigenvalue weighted by Crippen LogP contribution is -2.35. The van der Waals surface area contributed by atoms with Crippen LogP contribution < -0.4 is 10.9 Å². The summed E-state index contributed by atoms with van der Waals surface area (Å²) in [5.74, 6) is 0.597. The molecule has 1 aromatic carbocycles. The van der Waals surface area contributed by atoms with Crippen molar-refractivity contribution in [1.29, 1.82) is 0 Å². The van der Waals surface area contributed by atoms with Gasteiger partial charge in [0.1, 0.15) is 11.9 Å². The molecule has 128 valence electrons. The largest absolute Gasteiger partial charge is 0.379 e. The number of nitrogens with zero attached hydrogens (tertiary/aromatic N) is 3. The first-order valence-electron chi connectivity index (χ1n) is 8.11. The number of hydrazine groups is 1. The van der Waals surface area contributed by atoms with Gasteiger partial charge in [-0.1, -0.05) is 6.07 Å². The number of benzene rings is 1. The molecule has 0 saturated carbocycles. The number of ether oxygens (including phenoxy) is 1. The third-order valence-electron chi connectivity index (χ3n) is 4.59. The molecule has 9 nitrogen and oxygen atoms in total. The molecule has 4 rings (SSSR count). The minimum absolute atomic E-state index is 0.269. The maximum Gasteiger partial charge on any atom is 0.250 e. The summed E-state index contributed by atoms with van der Waals surface area (Å²) >= 11 is 0. The zero-order chi connectivity index (χ0) is 16.5. The maximum absolute atomic E-state index is 11.1. The molecule has 24 heavy (non-hydrogen) atoms. The third kappa shape index (κ3) is 2.98. The third-order valence-corrected chi connectivity index (χ3v) is 4.59. The highest BCUT2D eigenvalue weighted by Crippen LogP contribution is 2.23. The van der Waals surface area contributed by atoms with Crippen LogP contribution in [0.5, 0.6) is 0 Å². The quantitative estimate of drug-likeness (QED) is 0.542. The number of fused-ring (bicyclic) bond motifs is 1. The molecule has 2 aliphatic rings. The van der Waals surface area contributed by atoms with E-state index in [1.54, 1.807) is 0 Å². The van der Waals surface area contributed by atoms with Crippen molar-refractivity contribution >= 4 is 11.0 Å². The lowest BCUT2D eigenvalue weighted by Gasteiger charge is -2.26. The Morgan fingerprint density at radius 2 is 2.21 bits per heavy atom. The molecule has 2 fully saturated rings. The number of morpholine rings is 1. The molecule has 0 spiro atoms. The van der Waals surface area contributed by atoms with Crippen molar-refractivity contribution in [2.24, 2.45) is 0 Å². The monoisotopic (exact) mass is 332 g/mol. The number of aromatic amines is 1. The minimum atomic E-state index is -0.724. The second-order valence-corrected chi connectivity index (χ2v) is 6.22. The van der Waals surface area contributed by atoms with Gasteiger partial charge in [0.15, 0.2) is 0 Å². The van der Waals surface area contributed by atoms with Gasteiger partial charge < -0.3 is 9.72 Å². The molecule has 3 heterocycles. The number of imidazole rings is 1. The first-order valence-corrected chi connectivity index (χ1v) is 8.11. The Morgan fingerprint density at radius 3 is 3.00 bits per heavy atom. The molecular formula is C15H20N6O3. The first-order chi connectivity index (χ1) is 11.7. The number of nitro groups is 1. The van der Waals surface area contributed by atoms with E-state index in [0.29, 0.717) is 5.82 Å². The van der Waals surface area contributed by atoms with Crippen molar-refractivity contribution in [3.8, 4) is 0 Å². The van der Waals surface area contributed by atoms with Crippen LogP contribution in [0.4, 0.5) is 0 Å². The van der Waals surface area contributed by atoms with Crippen LogP contribution in [-0.4, -0.2) is 58.7 Å². The van der Waals surface area contributed by atoms with Gasteiger partial charge >= 0.3 is 0 Å². The van der Waals surface area contributed by atoms with Crippen LogP contribution in [0, 0.1) is 10.1 Å². The Bertz CT molecular complexity index is 742. The summed E-state index contributed by atoms with van der Waals surface area (Å²) in [7, 11) is 0. The molecule has 0 bridgehead atoms. The van der Waals surface area contributed by atoms with E-state index in [0.717, 1.165) is 43.9 Å². The van der Waals surface area contributed by atoms with Crippen molar-refractivity contribution in [2.45, 2.75) is 18.6 Å². The number of H-pyrrole nitrogens is 1. The van der Waals surface area contributed by atoms with Crippen LogP contribution in [0.25, 0.3) is 11.0 Å². The Hall–Kier alpha value is -2.07. The Balaban J connectivity index is 1.55. The van der Waals surface area contributed by atoms with Crippen LogP contribution >= 0.6 is 0 Å². The van der Waals surface area contributed by atoms with Crippen molar-refractivity contribution in [3.05, 3.63) is 39.7 Å². The highest BCUT2D eigenvalue weighted by molar-refractivity contribution is 5.76. The standard InChI is InChI=1S/C15H20N6O3/c22-21(23)13-8-16-19-14(13)15-17-11-2-1-10(7-12(11)18-15)9-20-3-5-24-6-4-20/h1-2,7,13-14,16,19H,3-6,8-9H2,(H,17,18). The van der Waals surface area contributed by atoms with E-state index in [1.165, 1.54) is 5.56 Å². The Labute approximate surface area is 138 Å². The minimum Gasteiger partial charge on any atom is -0.379 e. The van der Waals surface area contributed by atoms with E-state index in [-0.39, 0.29) is 11.5 Å². The van der Waals surface area contributed by atoms with Crippen molar-refractivity contribution in [3.63, 3.8) is 0 Å². The van der Waals surface area contributed by atoms with Crippen LogP contribution in [0.1, 0.15) is 17.4 Å². The number of aromatic nitrogens is 2. The number of hydrogen-bond acceptors (Lipinski definition) is 7. The molecule has 0 aliphatic carbocycles. The van der Waals surface area contributed by atoms with Crippen LogP contribution in [0.2, 0.25) is 0 Å². The molecule has 2 atom stereocenters. The van der Waals surface area contributed by atoms with Gasteiger partial charge in [0.25, 0.3) is 0 Å². The number of hydrogen-bond donors (Lipinski definition) is 3. The van der Waals surface area contributed by atoms with Crippen molar-refractivity contribution < 1.29 is 9.66 Å². The van der Waals surface area contributed by atoms with E-state index in [1.807, 2.05) is 6.07 Å². The summed E-state index contributed by atoms with van der Waals surface area (Å²) in [5, 5.41) is 11.1. The van der Waals surface area contributed by atoms with Gasteiger partial charge in [0, 0.05) is 24.6 Å². The molecule has 3 N–H and O–H groups in total. The fourth-order valence-electron chi connectivity index (χ4n) is 3.27. The summed E-state index contributed by atoms with van der Waals surface area (Å²) in [4.78, 5) is 21.0. The second-order valence-electron chi connectivity index (χ2n) is 6.22. The van der Waals surface area contributed by atoms with Crippen molar-refractivity contribution in [1.82, 2.24) is 25.7 Å². The molecular weight excluding hydrogens is 312 g/mol. The van der Waals surface area contributed by atoms with E-state index in [2.05, 4.69) is 37.9 Å². The van der Waals surface area contributed by atoms with Crippen LogP contribution in [-0.2, 0) is 11.3 Å². The molecule has 0 radical (unpaired) electrons. The zero-order valence-electron chi connectivity index (χ0n) is 13.2. The molecule has 2 saturated heterocycles. The SMILES string of the molecule is O=[N+]([O-])C1CNNC1c1nc2ccc(CN3CCOCC3)cc2[nH]1. The highest BCUT2D eigenvalue weighted by atomic mass is 16.6. The Morgan fingerprint density at radius 1 is 1.38 bits per heavy atom. The number of rotatable bonds is 4. The molecule has 2 aliphatic heterocycles. The topological polar surface area (TPSA) is 108 Å². The van der Waals surface area contributed by atoms with E-state index in [9.17, 15) is 10.1 Å². The first kappa shape index (κ1) is 15.5. The molecule has 2 unspecified atom stereocenters. The second kappa shape index (κ2) is 6.44. The smallest absolute Gasteiger partial charge is 0.250 e. The lowest BCUT2D eigenvalue weighted by molar-refractivity contribution is -0.521. The molecule has 9 heteroatoms. The molecule has 0 amide bonds. The zero-order valence-corrected chi connectivity index (χ0v) is 13.2. The van der Waals surface area contributed by atoms with Gasteiger partial charge in [-0.15, -0.1) is 0 Å². The summed E-state index contributed by atoms with van der Waals surface area (Å²) in [6, 6.07) is 4.93. The fraction of sp³-hybridized carbons (Fsp3) is 0.533. The average Bonchev–Trinajstić information content (AvgIpc) is 3.22. The number of nitrogens with one attached hydrogen (secondary N) is 3. The van der Waals surface area contributed by atoms with Crippen LogP contribution in [0.3, 0.4) is 0 Å². The summed E-state index contributed by atoms with van der Waals surface area (Å²) < 4.78 is 5.37. The molecule has 1 aromatic heterocycles. The van der Waals surface area contributed by atoms with E-state index in [4.69, 9.17) is 4.74 Å². The van der Waals surface area contributed by atoms with Gasteiger partial charge in [-0.25, -0.2) is 15.8 Å². The lowest BCUT2D eigenvalue weighted by atomic mass is 10.1. The molecule has 2 aromatic rings. The highest BCUT2D eigenvalue weighted by Gasteiger charge is 2.39. The Kier molecular flexibility index (Phi) is 4.15. The summed E-state index contributed by atoms with van der Waals surface area (Å²) in [6.07, 6.45) is 0. The van der Waals surface area contributed by atoms with Gasteiger partial charge in [-0.2, -0.15) is 0 Å². The maximum atomic E-state index is 11.1. The fourth-order valence-corrected chi connectivity index (χ4v) is 3.27. The predicted octanol–water partition coefficient (Wildman–Crippen LogP) is 0.189. The van der Waals surface area contributed by atoms with Crippen molar-refractivity contribution in [2.75, 3.05) is 32.8 Å². The van der Waals surface area contributed by atoms with Gasteiger partial charge in [0.05, 0.1) is 30.8 Å². The average molecular weight is 332 g/mol. The van der Waals surface area contributed by atoms with Gasteiger partial charge in [0.2, 0.25) is 6.04 Å². The predicted molar refractivity (Wildman–Crippen MR) is 86.9 cm³/mol. The van der Waals surface area contributed by atoms with Gasteiger partial charge in [-0.3, -0.25) is 15.0 Å². The van der Waals surface area contributed by atoms with Gasteiger partial charge in [-0.05, 0) is 17.7 Å². The van der Waals surface area contributed by atoms with E-state index >= 15 is 0 Å². The van der Waals surface area contributed by atoms with E-state index < -0.39 is 12.1 Å². The normalized spacial score (nSPS) is 25.3. The summed E-state index contributed by atoms with van der Waals surface area (Å²) in [5.41, 5.74) is 8.71. The summed E-state index contributed by atoms with van der Waals surface area (Å²) in [6.45, 7) is 4.59. The van der Waals surface area contributed by atoms with Crippen LogP contribution in [0.15, 0.2) is 18.2 Å².